The van der Waals surface area contributed by atoms with Gasteiger partial charge < -0.3 is 5.32 Å². The Morgan fingerprint density at radius 3 is 2.33 bits per heavy atom. The minimum atomic E-state index is -3.66. The Labute approximate surface area is 126 Å². The summed E-state index contributed by atoms with van der Waals surface area (Å²) >= 11 is 0. The Kier molecular flexibility index (Phi) is 6.32. The third kappa shape index (κ3) is 5.11. The first kappa shape index (κ1) is 17.6. The van der Waals surface area contributed by atoms with Crippen LogP contribution in [0.5, 0.6) is 0 Å². The minimum absolute atomic E-state index is 0.0756. The Balaban J connectivity index is 2.73. The number of hydroxylamine groups is 1. The average Bonchev–Trinajstić information content (AvgIpc) is 2.44. The van der Waals surface area contributed by atoms with E-state index in [1.165, 1.54) is 26.3 Å². The molecule has 0 bridgehead atoms. The van der Waals surface area contributed by atoms with Crippen molar-refractivity contribution in [1.82, 2.24) is 4.47 Å². The number of amides is 1. The van der Waals surface area contributed by atoms with E-state index in [-0.39, 0.29) is 10.8 Å². The molecule has 0 aliphatic heterocycles. The summed E-state index contributed by atoms with van der Waals surface area (Å²) < 4.78 is 24.8. The molecule has 1 aromatic carbocycles. The van der Waals surface area contributed by atoms with Crippen LogP contribution >= 0.6 is 0 Å². The maximum absolute atomic E-state index is 12.0. The summed E-state index contributed by atoms with van der Waals surface area (Å²) in [4.78, 5) is 16.5. The zero-order valence-electron chi connectivity index (χ0n) is 12.8. The molecule has 1 N–H and O–H groups in total. The molecule has 0 fully saturated rings. The molecule has 7 heteroatoms. The Bertz CT molecular complexity index is 567. The van der Waals surface area contributed by atoms with Crippen LogP contribution in [0.15, 0.2) is 29.2 Å². The van der Waals surface area contributed by atoms with E-state index in [9.17, 15) is 13.2 Å². The van der Waals surface area contributed by atoms with Crippen LogP contribution in [-0.2, 0) is 19.7 Å². The summed E-state index contributed by atoms with van der Waals surface area (Å²) in [6.07, 6.45) is 1.26. The van der Waals surface area contributed by atoms with Gasteiger partial charge in [0.1, 0.15) is 0 Å². The monoisotopic (exact) mass is 314 g/mol. The second kappa shape index (κ2) is 7.53. The lowest BCUT2D eigenvalue weighted by molar-refractivity contribution is -0.116. The van der Waals surface area contributed by atoms with E-state index in [2.05, 4.69) is 19.2 Å². The average molecular weight is 314 g/mol. The fraction of sp³-hybridized carbons (Fsp3) is 0.500. The van der Waals surface area contributed by atoms with E-state index in [1.807, 2.05) is 0 Å². The summed E-state index contributed by atoms with van der Waals surface area (Å²) in [5.74, 6) is 0.390. The van der Waals surface area contributed by atoms with Gasteiger partial charge in [0.25, 0.3) is 10.0 Å². The fourth-order valence-corrected chi connectivity index (χ4v) is 2.57. The van der Waals surface area contributed by atoms with Gasteiger partial charge in [0.2, 0.25) is 5.91 Å². The molecule has 21 heavy (non-hydrogen) atoms. The van der Waals surface area contributed by atoms with Gasteiger partial charge in [-0.25, -0.2) is 8.42 Å². The standard InChI is InChI=1S/C14H22N2O4S/c1-11(2)5-10-14(17)15-12-6-8-13(9-7-12)21(18,19)16(3)20-4/h6-9,11H,5,10H2,1-4H3,(H,15,17). The third-order valence-corrected chi connectivity index (χ3v) is 4.67. The highest BCUT2D eigenvalue weighted by Gasteiger charge is 2.20. The van der Waals surface area contributed by atoms with E-state index in [4.69, 9.17) is 4.84 Å². The largest absolute Gasteiger partial charge is 0.326 e. The second-order valence-electron chi connectivity index (χ2n) is 5.10. The number of hydrogen-bond donors (Lipinski definition) is 1. The van der Waals surface area contributed by atoms with Crippen LogP contribution in [0.25, 0.3) is 0 Å². The number of sulfonamides is 1. The van der Waals surface area contributed by atoms with Gasteiger partial charge in [-0.3, -0.25) is 9.63 Å². The van der Waals surface area contributed by atoms with Crippen molar-refractivity contribution >= 4 is 21.6 Å². The number of nitrogens with one attached hydrogen (secondary N) is 1. The van der Waals surface area contributed by atoms with Gasteiger partial charge in [-0.1, -0.05) is 18.3 Å². The smallest absolute Gasteiger partial charge is 0.264 e. The SMILES string of the molecule is CON(C)S(=O)(=O)c1ccc(NC(=O)CCC(C)C)cc1. The molecule has 1 rings (SSSR count). The highest BCUT2D eigenvalue weighted by Crippen LogP contribution is 2.18. The molecule has 0 aliphatic rings. The first-order valence-electron chi connectivity index (χ1n) is 6.70. The minimum Gasteiger partial charge on any atom is -0.326 e. The number of hydrogen-bond acceptors (Lipinski definition) is 4. The Morgan fingerprint density at radius 1 is 1.29 bits per heavy atom. The van der Waals surface area contributed by atoms with E-state index in [0.717, 1.165) is 10.9 Å². The van der Waals surface area contributed by atoms with E-state index in [0.29, 0.717) is 18.0 Å². The zero-order chi connectivity index (χ0) is 16.0. The van der Waals surface area contributed by atoms with Crippen LogP contribution in [0.4, 0.5) is 5.69 Å². The zero-order valence-corrected chi connectivity index (χ0v) is 13.6. The molecular formula is C14H22N2O4S. The van der Waals surface area contributed by atoms with Gasteiger partial charge in [-0.05, 0) is 36.6 Å². The molecule has 0 saturated heterocycles. The fourth-order valence-electron chi connectivity index (χ4n) is 1.60. The summed E-state index contributed by atoms with van der Waals surface area (Å²) in [6.45, 7) is 4.11. The summed E-state index contributed by atoms with van der Waals surface area (Å²) in [5, 5.41) is 2.74. The number of anilines is 1. The third-order valence-electron chi connectivity index (χ3n) is 2.98. The highest BCUT2D eigenvalue weighted by atomic mass is 32.2. The van der Waals surface area contributed by atoms with E-state index >= 15 is 0 Å². The number of rotatable bonds is 7. The maximum Gasteiger partial charge on any atom is 0.264 e. The topological polar surface area (TPSA) is 75.7 Å². The van der Waals surface area contributed by atoms with Gasteiger partial charge in [-0.2, -0.15) is 0 Å². The first-order chi connectivity index (χ1) is 9.77. The molecule has 1 aromatic rings. The van der Waals surface area contributed by atoms with Crippen LogP contribution in [0, 0.1) is 5.92 Å². The Morgan fingerprint density at radius 2 is 1.86 bits per heavy atom. The number of benzene rings is 1. The molecule has 118 valence electrons. The molecule has 0 heterocycles. The molecule has 6 nitrogen and oxygen atoms in total. The van der Waals surface area contributed by atoms with Crippen molar-refractivity contribution in [2.24, 2.45) is 5.92 Å². The van der Waals surface area contributed by atoms with Crippen LogP contribution < -0.4 is 5.32 Å². The van der Waals surface area contributed by atoms with Crippen molar-refractivity contribution in [1.29, 1.82) is 0 Å². The molecule has 0 unspecified atom stereocenters. The van der Waals surface area contributed by atoms with Crippen molar-refractivity contribution < 1.29 is 18.0 Å². The lowest BCUT2D eigenvalue weighted by Gasteiger charge is -2.14. The molecule has 0 spiro atoms. The highest BCUT2D eigenvalue weighted by molar-refractivity contribution is 7.89. The van der Waals surface area contributed by atoms with Crippen LogP contribution in [0.3, 0.4) is 0 Å². The van der Waals surface area contributed by atoms with Gasteiger partial charge in [-0.15, -0.1) is 0 Å². The Hall–Kier alpha value is -1.44. The number of nitrogens with zero attached hydrogens (tertiary/aromatic N) is 1. The van der Waals surface area contributed by atoms with Crippen molar-refractivity contribution in [3.63, 3.8) is 0 Å². The van der Waals surface area contributed by atoms with Crippen molar-refractivity contribution in [2.75, 3.05) is 19.5 Å². The lowest BCUT2D eigenvalue weighted by atomic mass is 10.1. The van der Waals surface area contributed by atoms with Gasteiger partial charge in [0.15, 0.2) is 0 Å². The number of carbonyl (C=O) groups excluding carboxylic acids is 1. The van der Waals surface area contributed by atoms with Gasteiger partial charge in [0, 0.05) is 19.2 Å². The molecule has 0 atom stereocenters. The molecule has 0 aromatic heterocycles. The van der Waals surface area contributed by atoms with E-state index in [1.54, 1.807) is 12.1 Å². The van der Waals surface area contributed by atoms with Gasteiger partial charge >= 0.3 is 0 Å². The second-order valence-corrected chi connectivity index (χ2v) is 7.04. The summed E-state index contributed by atoms with van der Waals surface area (Å²) in [7, 11) is -1.06. The van der Waals surface area contributed by atoms with Crippen molar-refractivity contribution in [3.05, 3.63) is 24.3 Å². The van der Waals surface area contributed by atoms with Crippen LogP contribution in [0.1, 0.15) is 26.7 Å². The predicted octanol–water partition coefficient (Wildman–Crippen LogP) is 2.24. The van der Waals surface area contributed by atoms with Crippen molar-refractivity contribution in [3.8, 4) is 0 Å². The summed E-state index contributed by atoms with van der Waals surface area (Å²) in [6, 6.07) is 5.99. The summed E-state index contributed by atoms with van der Waals surface area (Å²) in [5.41, 5.74) is 0.572. The first-order valence-corrected chi connectivity index (χ1v) is 8.14. The molecule has 0 saturated carbocycles. The molecule has 0 radical (unpaired) electrons. The lowest BCUT2D eigenvalue weighted by Crippen LogP contribution is -2.25. The normalized spacial score (nSPS) is 11.9. The van der Waals surface area contributed by atoms with Gasteiger partial charge in [0.05, 0.1) is 12.0 Å². The molecule has 1 amide bonds. The van der Waals surface area contributed by atoms with Crippen LogP contribution in [-0.4, -0.2) is 33.0 Å². The predicted molar refractivity (Wildman–Crippen MR) is 81.1 cm³/mol. The molecule has 0 aliphatic carbocycles. The van der Waals surface area contributed by atoms with E-state index < -0.39 is 10.0 Å². The van der Waals surface area contributed by atoms with Crippen molar-refractivity contribution in [2.45, 2.75) is 31.6 Å². The maximum atomic E-state index is 12.0. The quantitative estimate of drug-likeness (QED) is 0.783. The van der Waals surface area contributed by atoms with Crippen LogP contribution in [0.2, 0.25) is 0 Å². The number of carbonyl (C=O) groups is 1. The molecular weight excluding hydrogens is 292 g/mol.